The Hall–Kier alpha value is -3.08. The van der Waals surface area contributed by atoms with Crippen molar-refractivity contribution in [3.8, 4) is 22.8 Å². The van der Waals surface area contributed by atoms with Crippen LogP contribution in [0.3, 0.4) is 0 Å². The highest BCUT2D eigenvalue weighted by atomic mass is 16.5. The summed E-state index contributed by atoms with van der Waals surface area (Å²) < 4.78 is 10.8. The van der Waals surface area contributed by atoms with Gasteiger partial charge in [0.25, 0.3) is 5.91 Å². The summed E-state index contributed by atoms with van der Waals surface area (Å²) >= 11 is 0. The lowest BCUT2D eigenvalue weighted by Crippen LogP contribution is -2.27. The fraction of sp³-hybridized carbons (Fsp3) is 0.273. The first-order valence-corrected chi connectivity index (χ1v) is 9.12. The van der Waals surface area contributed by atoms with Gasteiger partial charge in [0, 0.05) is 30.1 Å². The van der Waals surface area contributed by atoms with E-state index in [1.165, 1.54) is 0 Å². The van der Waals surface area contributed by atoms with Gasteiger partial charge in [-0.2, -0.15) is 0 Å². The van der Waals surface area contributed by atoms with Crippen LogP contribution >= 0.6 is 0 Å². The fourth-order valence-electron chi connectivity index (χ4n) is 3.59. The van der Waals surface area contributed by atoms with E-state index in [4.69, 9.17) is 14.5 Å². The van der Waals surface area contributed by atoms with Gasteiger partial charge in [0.15, 0.2) is 0 Å². The third-order valence-electron chi connectivity index (χ3n) is 5.02. The highest BCUT2D eigenvalue weighted by Gasteiger charge is 2.23. The Balaban J connectivity index is 1.88. The first kappa shape index (κ1) is 17.3. The Morgan fingerprint density at radius 2 is 1.78 bits per heavy atom. The number of para-hydroxylation sites is 1. The van der Waals surface area contributed by atoms with Gasteiger partial charge in [-0.3, -0.25) is 4.79 Å². The van der Waals surface area contributed by atoms with Gasteiger partial charge < -0.3 is 14.4 Å². The van der Waals surface area contributed by atoms with Crippen molar-refractivity contribution in [1.82, 2.24) is 9.88 Å². The summed E-state index contributed by atoms with van der Waals surface area (Å²) in [7, 11) is 3.24. The molecule has 1 amide bonds. The normalized spacial score (nSPS) is 13.8. The molecule has 5 nitrogen and oxygen atoms in total. The van der Waals surface area contributed by atoms with Crippen molar-refractivity contribution in [3.05, 3.63) is 54.1 Å². The number of hydrogen-bond donors (Lipinski definition) is 0. The van der Waals surface area contributed by atoms with Crippen LogP contribution in [0.4, 0.5) is 0 Å². The van der Waals surface area contributed by atoms with Gasteiger partial charge in [0.1, 0.15) is 11.5 Å². The summed E-state index contributed by atoms with van der Waals surface area (Å²) in [6.07, 6.45) is 2.13. The second kappa shape index (κ2) is 7.27. The summed E-state index contributed by atoms with van der Waals surface area (Å²) in [4.78, 5) is 19.9. The number of carbonyl (C=O) groups excluding carboxylic acids is 1. The number of hydrogen-bond acceptors (Lipinski definition) is 4. The second-order valence-electron chi connectivity index (χ2n) is 6.64. The van der Waals surface area contributed by atoms with E-state index in [1.807, 2.05) is 53.4 Å². The van der Waals surface area contributed by atoms with Gasteiger partial charge in [-0.1, -0.05) is 18.2 Å². The number of nitrogens with zero attached hydrogens (tertiary/aromatic N) is 2. The van der Waals surface area contributed by atoms with Gasteiger partial charge in [0.05, 0.1) is 31.0 Å². The van der Waals surface area contributed by atoms with Crippen LogP contribution < -0.4 is 9.47 Å². The van der Waals surface area contributed by atoms with Crippen LogP contribution in [0.15, 0.2) is 48.5 Å². The molecule has 2 aromatic carbocycles. The van der Waals surface area contributed by atoms with Crippen molar-refractivity contribution < 1.29 is 14.3 Å². The van der Waals surface area contributed by atoms with Gasteiger partial charge in [-0.05, 0) is 37.1 Å². The van der Waals surface area contributed by atoms with Crippen molar-refractivity contribution in [2.24, 2.45) is 0 Å². The molecule has 0 unspecified atom stereocenters. The molecule has 138 valence electrons. The van der Waals surface area contributed by atoms with Crippen LogP contribution in [0.2, 0.25) is 0 Å². The van der Waals surface area contributed by atoms with E-state index in [-0.39, 0.29) is 5.91 Å². The fourth-order valence-corrected chi connectivity index (χ4v) is 3.59. The number of benzene rings is 2. The minimum atomic E-state index is 0.0693. The van der Waals surface area contributed by atoms with Gasteiger partial charge >= 0.3 is 0 Å². The van der Waals surface area contributed by atoms with Crippen LogP contribution in [-0.4, -0.2) is 43.1 Å². The highest BCUT2D eigenvalue weighted by Crippen LogP contribution is 2.34. The molecule has 0 atom stereocenters. The van der Waals surface area contributed by atoms with E-state index in [0.717, 1.165) is 48.1 Å². The van der Waals surface area contributed by atoms with E-state index in [1.54, 1.807) is 14.2 Å². The molecule has 0 bridgehead atoms. The molecular formula is C22H22N2O3. The monoisotopic (exact) mass is 362 g/mol. The van der Waals surface area contributed by atoms with Crippen LogP contribution in [0.5, 0.6) is 11.5 Å². The van der Waals surface area contributed by atoms with Crippen molar-refractivity contribution >= 4 is 16.8 Å². The Bertz CT molecular complexity index is 994. The largest absolute Gasteiger partial charge is 0.497 e. The van der Waals surface area contributed by atoms with Crippen LogP contribution in [0.25, 0.3) is 22.2 Å². The highest BCUT2D eigenvalue weighted by molar-refractivity contribution is 6.07. The maximum Gasteiger partial charge on any atom is 0.254 e. The molecule has 0 spiro atoms. The Labute approximate surface area is 158 Å². The zero-order valence-corrected chi connectivity index (χ0v) is 15.6. The first-order chi connectivity index (χ1) is 13.2. The summed E-state index contributed by atoms with van der Waals surface area (Å²) in [5, 5.41) is 0.880. The maximum absolute atomic E-state index is 13.1. The number of ether oxygens (including phenoxy) is 2. The first-order valence-electron chi connectivity index (χ1n) is 9.12. The van der Waals surface area contributed by atoms with E-state index < -0.39 is 0 Å². The van der Waals surface area contributed by atoms with Crippen molar-refractivity contribution in [2.45, 2.75) is 12.8 Å². The number of aromatic nitrogens is 1. The molecule has 5 heteroatoms. The quantitative estimate of drug-likeness (QED) is 0.699. The smallest absolute Gasteiger partial charge is 0.254 e. The molecule has 0 radical (unpaired) electrons. The zero-order valence-electron chi connectivity index (χ0n) is 15.6. The molecule has 1 aromatic heterocycles. The predicted octanol–water partition coefficient (Wildman–Crippen LogP) is 4.16. The average Bonchev–Trinajstić information content (AvgIpc) is 3.26. The van der Waals surface area contributed by atoms with Gasteiger partial charge in [0.2, 0.25) is 0 Å². The van der Waals surface area contributed by atoms with E-state index in [0.29, 0.717) is 17.1 Å². The van der Waals surface area contributed by atoms with Crippen molar-refractivity contribution in [2.75, 3.05) is 27.3 Å². The lowest BCUT2D eigenvalue weighted by molar-refractivity contribution is 0.0794. The number of methoxy groups -OCH3 is 2. The maximum atomic E-state index is 13.1. The number of carbonyl (C=O) groups is 1. The number of rotatable bonds is 4. The molecule has 0 aliphatic carbocycles. The molecule has 4 rings (SSSR count). The minimum absolute atomic E-state index is 0.0693. The Kier molecular flexibility index (Phi) is 4.67. The number of amides is 1. The van der Waals surface area contributed by atoms with Crippen molar-refractivity contribution in [1.29, 1.82) is 0 Å². The molecule has 1 aliphatic heterocycles. The van der Waals surface area contributed by atoms with E-state index in [9.17, 15) is 4.79 Å². The Morgan fingerprint density at radius 3 is 2.52 bits per heavy atom. The average molecular weight is 362 g/mol. The number of fused-ring (bicyclic) bond motifs is 1. The molecule has 27 heavy (non-hydrogen) atoms. The zero-order chi connectivity index (χ0) is 18.8. The summed E-state index contributed by atoms with van der Waals surface area (Å²) in [6, 6.07) is 15.3. The van der Waals surface area contributed by atoms with Crippen molar-refractivity contribution in [3.63, 3.8) is 0 Å². The summed E-state index contributed by atoms with van der Waals surface area (Å²) in [6.45, 7) is 1.63. The predicted molar refractivity (Wildman–Crippen MR) is 105 cm³/mol. The minimum Gasteiger partial charge on any atom is -0.497 e. The molecule has 1 aliphatic rings. The summed E-state index contributed by atoms with van der Waals surface area (Å²) in [5.41, 5.74) is 3.04. The number of pyridine rings is 1. The molecule has 0 saturated carbocycles. The molecule has 3 aromatic rings. The van der Waals surface area contributed by atoms with Gasteiger partial charge in [-0.15, -0.1) is 0 Å². The van der Waals surface area contributed by atoms with E-state index in [2.05, 4.69) is 0 Å². The second-order valence-corrected chi connectivity index (χ2v) is 6.64. The Morgan fingerprint density at radius 1 is 1.00 bits per heavy atom. The topological polar surface area (TPSA) is 51.7 Å². The molecule has 1 fully saturated rings. The molecule has 2 heterocycles. The SMILES string of the molecule is COc1ccc(-c2cc(C(=O)N3CCCC3)c3ccccc3n2)c(OC)c1. The third-order valence-corrected chi connectivity index (χ3v) is 5.02. The van der Waals surface area contributed by atoms with Crippen LogP contribution in [-0.2, 0) is 0 Å². The molecular weight excluding hydrogens is 340 g/mol. The van der Waals surface area contributed by atoms with Gasteiger partial charge in [-0.25, -0.2) is 4.98 Å². The molecule has 1 saturated heterocycles. The summed E-state index contributed by atoms with van der Waals surface area (Å²) in [5.74, 6) is 1.45. The standard InChI is InChI=1S/C22H22N2O3/c1-26-15-9-10-17(21(13-15)27-2)20-14-18(22(25)24-11-5-6-12-24)16-7-3-4-8-19(16)23-20/h3-4,7-10,13-14H,5-6,11-12H2,1-2H3. The lowest BCUT2D eigenvalue weighted by Gasteiger charge is -2.18. The van der Waals surface area contributed by atoms with E-state index >= 15 is 0 Å². The lowest BCUT2D eigenvalue weighted by atomic mass is 10.0. The van der Waals surface area contributed by atoms with Crippen LogP contribution in [0, 0.1) is 0 Å². The molecule has 0 N–H and O–H groups in total. The third kappa shape index (κ3) is 3.21. The number of likely N-dealkylation sites (tertiary alicyclic amines) is 1. The van der Waals surface area contributed by atoms with Crippen LogP contribution in [0.1, 0.15) is 23.2 Å².